The van der Waals surface area contributed by atoms with Crippen molar-refractivity contribution in [3.63, 3.8) is 0 Å². The summed E-state index contributed by atoms with van der Waals surface area (Å²) in [6.45, 7) is 1.95. The second-order valence-electron chi connectivity index (χ2n) is 6.25. The predicted octanol–water partition coefficient (Wildman–Crippen LogP) is 4.08. The Kier molecular flexibility index (Phi) is 7.76. The number of amides is 1. The molecule has 0 aromatic heterocycles. The molecule has 0 bridgehead atoms. The Hall–Kier alpha value is -2.04. The summed E-state index contributed by atoms with van der Waals surface area (Å²) in [7, 11) is 0. The average molecular weight is 361 g/mol. The third-order valence-corrected chi connectivity index (χ3v) is 4.46. The van der Waals surface area contributed by atoms with Gasteiger partial charge in [0, 0.05) is 12.6 Å². The van der Waals surface area contributed by atoms with E-state index in [1.165, 1.54) is 5.56 Å². The van der Waals surface area contributed by atoms with Crippen molar-refractivity contribution in [1.29, 1.82) is 0 Å². The molecule has 0 radical (unpaired) electrons. The molecule has 25 heavy (non-hydrogen) atoms. The van der Waals surface area contributed by atoms with Gasteiger partial charge >= 0.3 is 6.09 Å². The summed E-state index contributed by atoms with van der Waals surface area (Å²) >= 11 is 0. The van der Waals surface area contributed by atoms with Gasteiger partial charge in [0.05, 0.1) is 0 Å². The Morgan fingerprint density at radius 2 is 1.76 bits per heavy atom. The van der Waals surface area contributed by atoms with Crippen LogP contribution in [0.25, 0.3) is 0 Å². The maximum absolute atomic E-state index is 11.9. The zero-order valence-electron chi connectivity index (χ0n) is 14.2. The maximum atomic E-state index is 11.9. The highest BCUT2D eigenvalue weighted by Crippen LogP contribution is 2.26. The first-order valence-corrected chi connectivity index (χ1v) is 8.54. The average Bonchev–Trinajstić information content (AvgIpc) is 2.66. The van der Waals surface area contributed by atoms with Gasteiger partial charge in [-0.3, -0.25) is 0 Å². The Morgan fingerprint density at radius 1 is 1.08 bits per heavy atom. The van der Waals surface area contributed by atoms with E-state index >= 15 is 0 Å². The maximum Gasteiger partial charge on any atom is 0.407 e. The molecule has 0 spiro atoms. The van der Waals surface area contributed by atoms with E-state index in [4.69, 9.17) is 4.74 Å². The fourth-order valence-corrected chi connectivity index (χ4v) is 3.12. The van der Waals surface area contributed by atoms with Gasteiger partial charge < -0.3 is 15.4 Å². The van der Waals surface area contributed by atoms with Crippen LogP contribution in [-0.4, -0.2) is 19.2 Å². The minimum Gasteiger partial charge on any atom is -0.445 e. The molecule has 1 fully saturated rings. The Labute approximate surface area is 155 Å². The van der Waals surface area contributed by atoms with Gasteiger partial charge in [-0.15, -0.1) is 12.4 Å². The van der Waals surface area contributed by atoms with Gasteiger partial charge in [-0.1, -0.05) is 60.7 Å². The Morgan fingerprint density at radius 3 is 2.48 bits per heavy atom. The first-order valence-electron chi connectivity index (χ1n) is 8.54. The molecule has 1 amide bonds. The van der Waals surface area contributed by atoms with Crippen LogP contribution in [0, 0.1) is 5.92 Å². The summed E-state index contributed by atoms with van der Waals surface area (Å²) in [5, 5.41) is 6.46. The molecule has 134 valence electrons. The normalized spacial score (nSPS) is 19.5. The molecule has 5 heteroatoms. The quantitative estimate of drug-likeness (QED) is 0.844. The molecule has 1 heterocycles. The largest absolute Gasteiger partial charge is 0.445 e. The van der Waals surface area contributed by atoms with Crippen LogP contribution in [0.3, 0.4) is 0 Å². The van der Waals surface area contributed by atoms with Gasteiger partial charge in [0.2, 0.25) is 0 Å². The number of carbonyl (C=O) groups excluding carboxylic acids is 1. The van der Waals surface area contributed by atoms with Crippen LogP contribution >= 0.6 is 12.4 Å². The van der Waals surface area contributed by atoms with E-state index in [1.807, 2.05) is 36.4 Å². The molecule has 0 aliphatic carbocycles. The monoisotopic (exact) mass is 360 g/mol. The molecular formula is C20H25ClN2O2. The van der Waals surface area contributed by atoms with Gasteiger partial charge in [-0.05, 0) is 36.4 Å². The molecule has 2 atom stereocenters. The summed E-state index contributed by atoms with van der Waals surface area (Å²) in [4.78, 5) is 11.9. The van der Waals surface area contributed by atoms with E-state index in [2.05, 4.69) is 34.9 Å². The summed E-state index contributed by atoms with van der Waals surface area (Å²) in [5.41, 5.74) is 2.31. The van der Waals surface area contributed by atoms with E-state index in [0.29, 0.717) is 25.1 Å². The SMILES string of the molecule is Cl.O=C(NC[C@H]1CCN[C@H](c2ccccc2)C1)OCc1ccccc1. The van der Waals surface area contributed by atoms with Crippen LogP contribution in [0.2, 0.25) is 0 Å². The van der Waals surface area contributed by atoms with Crippen molar-refractivity contribution in [2.45, 2.75) is 25.5 Å². The van der Waals surface area contributed by atoms with E-state index in [0.717, 1.165) is 24.9 Å². The topological polar surface area (TPSA) is 50.4 Å². The van der Waals surface area contributed by atoms with Crippen LogP contribution < -0.4 is 10.6 Å². The number of piperidine rings is 1. The number of ether oxygens (including phenoxy) is 1. The van der Waals surface area contributed by atoms with Crippen molar-refractivity contribution in [3.8, 4) is 0 Å². The lowest BCUT2D eigenvalue weighted by Crippen LogP contribution is -2.38. The Balaban J connectivity index is 0.00000225. The van der Waals surface area contributed by atoms with Crippen molar-refractivity contribution in [2.75, 3.05) is 13.1 Å². The number of halogens is 1. The van der Waals surface area contributed by atoms with Crippen molar-refractivity contribution >= 4 is 18.5 Å². The van der Waals surface area contributed by atoms with E-state index in [-0.39, 0.29) is 18.5 Å². The number of carbonyl (C=O) groups is 1. The minimum absolute atomic E-state index is 0. The molecular weight excluding hydrogens is 336 g/mol. The summed E-state index contributed by atoms with van der Waals surface area (Å²) in [5.74, 6) is 0.473. The van der Waals surface area contributed by atoms with Gasteiger partial charge in [0.1, 0.15) is 6.61 Å². The van der Waals surface area contributed by atoms with Crippen molar-refractivity contribution in [2.24, 2.45) is 5.92 Å². The fourth-order valence-electron chi connectivity index (χ4n) is 3.12. The molecule has 2 N–H and O–H groups in total. The van der Waals surface area contributed by atoms with E-state index < -0.39 is 0 Å². The first kappa shape index (κ1) is 19.3. The Bertz CT molecular complexity index is 637. The molecule has 1 saturated heterocycles. The summed E-state index contributed by atoms with van der Waals surface area (Å²) < 4.78 is 5.26. The van der Waals surface area contributed by atoms with Crippen LogP contribution in [0.4, 0.5) is 4.79 Å². The van der Waals surface area contributed by atoms with Gasteiger partial charge in [-0.25, -0.2) is 4.79 Å². The highest BCUT2D eigenvalue weighted by atomic mass is 35.5. The summed E-state index contributed by atoms with van der Waals surface area (Å²) in [6.07, 6.45) is 1.76. The zero-order valence-corrected chi connectivity index (χ0v) is 15.0. The third kappa shape index (κ3) is 6.07. The number of benzene rings is 2. The molecule has 1 aliphatic heterocycles. The van der Waals surface area contributed by atoms with E-state index in [9.17, 15) is 4.79 Å². The molecule has 1 aliphatic rings. The first-order chi connectivity index (χ1) is 11.8. The van der Waals surface area contributed by atoms with Crippen molar-refractivity contribution in [3.05, 3.63) is 71.8 Å². The standard InChI is InChI=1S/C20H24N2O2.ClH/c23-20(24-15-16-7-3-1-4-8-16)22-14-17-11-12-21-19(13-17)18-9-5-2-6-10-18;/h1-10,17,19,21H,11-15H2,(H,22,23);1H/t17-,19-;/m0./s1. The van der Waals surface area contributed by atoms with Gasteiger partial charge in [-0.2, -0.15) is 0 Å². The number of alkyl carbamates (subject to hydrolysis) is 1. The molecule has 2 aromatic carbocycles. The zero-order chi connectivity index (χ0) is 16.6. The predicted molar refractivity (Wildman–Crippen MR) is 102 cm³/mol. The van der Waals surface area contributed by atoms with Crippen molar-refractivity contribution in [1.82, 2.24) is 10.6 Å². The minimum atomic E-state index is -0.339. The molecule has 4 nitrogen and oxygen atoms in total. The molecule has 3 rings (SSSR count). The number of hydrogen-bond donors (Lipinski definition) is 2. The van der Waals surface area contributed by atoms with Crippen LogP contribution in [-0.2, 0) is 11.3 Å². The molecule has 0 saturated carbocycles. The van der Waals surface area contributed by atoms with Crippen LogP contribution in [0.5, 0.6) is 0 Å². The second kappa shape index (κ2) is 10.1. The van der Waals surface area contributed by atoms with E-state index in [1.54, 1.807) is 0 Å². The highest BCUT2D eigenvalue weighted by Gasteiger charge is 2.23. The van der Waals surface area contributed by atoms with Crippen LogP contribution in [0.1, 0.15) is 30.0 Å². The lowest BCUT2D eigenvalue weighted by Gasteiger charge is -2.30. The molecule has 0 unspecified atom stereocenters. The van der Waals surface area contributed by atoms with Gasteiger partial charge in [0.25, 0.3) is 0 Å². The second-order valence-corrected chi connectivity index (χ2v) is 6.25. The molecule has 2 aromatic rings. The lowest BCUT2D eigenvalue weighted by atomic mass is 9.89. The summed E-state index contributed by atoms with van der Waals surface area (Å²) in [6, 6.07) is 20.6. The highest BCUT2D eigenvalue weighted by molar-refractivity contribution is 5.85. The van der Waals surface area contributed by atoms with Crippen molar-refractivity contribution < 1.29 is 9.53 Å². The smallest absolute Gasteiger partial charge is 0.407 e. The number of nitrogens with one attached hydrogen (secondary N) is 2. The fraction of sp³-hybridized carbons (Fsp3) is 0.350. The van der Waals surface area contributed by atoms with Crippen LogP contribution in [0.15, 0.2) is 60.7 Å². The van der Waals surface area contributed by atoms with Gasteiger partial charge in [0.15, 0.2) is 0 Å². The third-order valence-electron chi connectivity index (χ3n) is 4.46. The lowest BCUT2D eigenvalue weighted by molar-refractivity contribution is 0.136. The number of rotatable bonds is 5. The number of hydrogen-bond acceptors (Lipinski definition) is 3.